The zero-order valence-corrected chi connectivity index (χ0v) is 16.2. The molecular weight excluding hydrogens is 342 g/mol. The SMILES string of the molecule is C[NH+]1[C@@H](c2ccccc2)CC(O)(C#Cc2ccccc2)C[C@@H]1c1ccccc1. The Hall–Kier alpha value is -2.86. The Morgan fingerprint density at radius 1 is 0.750 bits per heavy atom. The van der Waals surface area contributed by atoms with Crippen LogP contribution >= 0.6 is 0 Å². The summed E-state index contributed by atoms with van der Waals surface area (Å²) in [7, 11) is 2.24. The number of quaternary nitrogens is 1. The molecule has 1 heterocycles. The largest absolute Gasteiger partial charge is 0.377 e. The molecule has 0 bridgehead atoms. The van der Waals surface area contributed by atoms with Crippen LogP contribution in [0.2, 0.25) is 0 Å². The predicted octanol–water partition coefficient (Wildman–Crippen LogP) is 3.56. The van der Waals surface area contributed by atoms with E-state index in [4.69, 9.17) is 0 Å². The van der Waals surface area contributed by atoms with Crippen molar-refractivity contribution in [2.75, 3.05) is 7.05 Å². The topological polar surface area (TPSA) is 24.7 Å². The smallest absolute Gasteiger partial charge is 0.137 e. The molecule has 3 aromatic carbocycles. The number of nitrogens with one attached hydrogen (secondary N) is 1. The molecule has 28 heavy (non-hydrogen) atoms. The first kappa shape index (κ1) is 18.5. The van der Waals surface area contributed by atoms with Crippen LogP contribution in [0.4, 0.5) is 0 Å². The van der Waals surface area contributed by atoms with Gasteiger partial charge in [-0.25, -0.2) is 0 Å². The Kier molecular flexibility index (Phi) is 5.30. The Morgan fingerprint density at radius 2 is 1.18 bits per heavy atom. The van der Waals surface area contributed by atoms with E-state index < -0.39 is 5.60 Å². The van der Waals surface area contributed by atoms with Crippen molar-refractivity contribution in [2.45, 2.75) is 30.5 Å². The Morgan fingerprint density at radius 3 is 1.64 bits per heavy atom. The minimum atomic E-state index is -1.02. The summed E-state index contributed by atoms with van der Waals surface area (Å²) in [4.78, 5) is 1.41. The third kappa shape index (κ3) is 4.02. The molecule has 3 aromatic rings. The predicted molar refractivity (Wildman–Crippen MR) is 113 cm³/mol. The van der Waals surface area contributed by atoms with Crippen LogP contribution in [-0.2, 0) is 0 Å². The van der Waals surface area contributed by atoms with Crippen LogP contribution in [0.5, 0.6) is 0 Å². The zero-order valence-electron chi connectivity index (χ0n) is 16.2. The fourth-order valence-corrected chi connectivity index (χ4v) is 4.27. The van der Waals surface area contributed by atoms with Crippen LogP contribution in [-0.4, -0.2) is 17.8 Å². The number of benzene rings is 3. The Labute approximate surface area is 167 Å². The molecule has 1 aliphatic heterocycles. The first-order valence-corrected chi connectivity index (χ1v) is 9.88. The second-order valence-electron chi connectivity index (χ2n) is 7.73. The van der Waals surface area contributed by atoms with E-state index in [1.54, 1.807) is 0 Å². The molecular formula is C26H26NO+. The van der Waals surface area contributed by atoms with Crippen LogP contribution in [0.3, 0.4) is 0 Å². The van der Waals surface area contributed by atoms with Gasteiger partial charge in [0, 0.05) is 29.5 Å². The number of likely N-dealkylation sites (tertiary alicyclic amines) is 1. The second kappa shape index (κ2) is 8.02. The van der Waals surface area contributed by atoms with Crippen molar-refractivity contribution >= 4 is 0 Å². The highest BCUT2D eigenvalue weighted by molar-refractivity contribution is 5.37. The quantitative estimate of drug-likeness (QED) is 0.664. The molecule has 1 saturated heterocycles. The van der Waals surface area contributed by atoms with E-state index in [-0.39, 0.29) is 12.1 Å². The first-order chi connectivity index (χ1) is 13.6. The standard InChI is InChI=1S/C26H25NO/c1-27-24(22-13-7-3-8-14-22)19-26(28,18-17-21-11-5-2-6-12-21)20-25(27)23-15-9-4-10-16-23/h2-16,24-25,28H,19-20H2,1H3/p+1/t24-,25-/m1/s1. The van der Waals surface area contributed by atoms with Gasteiger partial charge in [0.15, 0.2) is 0 Å². The number of rotatable bonds is 2. The molecule has 0 radical (unpaired) electrons. The highest BCUT2D eigenvalue weighted by Gasteiger charge is 2.45. The molecule has 2 heteroatoms. The summed E-state index contributed by atoms with van der Waals surface area (Å²) in [6.07, 6.45) is 1.26. The lowest BCUT2D eigenvalue weighted by atomic mass is 9.78. The van der Waals surface area contributed by atoms with Crippen molar-refractivity contribution in [3.8, 4) is 11.8 Å². The van der Waals surface area contributed by atoms with E-state index in [2.05, 4.69) is 67.4 Å². The van der Waals surface area contributed by atoms with Gasteiger partial charge in [0.25, 0.3) is 0 Å². The van der Waals surface area contributed by atoms with E-state index >= 15 is 0 Å². The molecule has 0 saturated carbocycles. The van der Waals surface area contributed by atoms with Gasteiger partial charge in [-0.2, -0.15) is 0 Å². The van der Waals surface area contributed by atoms with Gasteiger partial charge >= 0.3 is 0 Å². The molecule has 0 aliphatic carbocycles. The average molecular weight is 369 g/mol. The molecule has 0 amide bonds. The third-order valence-corrected chi connectivity index (χ3v) is 5.80. The number of hydrogen-bond acceptors (Lipinski definition) is 1. The summed E-state index contributed by atoms with van der Waals surface area (Å²) in [5, 5.41) is 11.5. The van der Waals surface area contributed by atoms with E-state index in [1.165, 1.54) is 16.0 Å². The summed E-state index contributed by atoms with van der Waals surface area (Å²) in [6, 6.07) is 31.3. The molecule has 1 fully saturated rings. The summed E-state index contributed by atoms with van der Waals surface area (Å²) in [5.74, 6) is 6.43. The summed E-state index contributed by atoms with van der Waals surface area (Å²) < 4.78 is 0. The molecule has 0 aromatic heterocycles. The van der Waals surface area contributed by atoms with Gasteiger partial charge < -0.3 is 10.0 Å². The molecule has 0 spiro atoms. The van der Waals surface area contributed by atoms with Crippen LogP contribution in [0.15, 0.2) is 91.0 Å². The van der Waals surface area contributed by atoms with Gasteiger partial charge in [-0.05, 0) is 12.1 Å². The van der Waals surface area contributed by atoms with Gasteiger partial charge in [-0.1, -0.05) is 90.7 Å². The first-order valence-electron chi connectivity index (χ1n) is 9.88. The van der Waals surface area contributed by atoms with Crippen molar-refractivity contribution < 1.29 is 10.0 Å². The minimum absolute atomic E-state index is 0.190. The third-order valence-electron chi connectivity index (χ3n) is 5.80. The fraction of sp³-hybridized carbons (Fsp3) is 0.231. The van der Waals surface area contributed by atoms with Crippen LogP contribution in [0.1, 0.15) is 41.6 Å². The Bertz CT molecular complexity index is 907. The van der Waals surface area contributed by atoms with E-state index in [0.29, 0.717) is 12.8 Å². The maximum Gasteiger partial charge on any atom is 0.137 e. The van der Waals surface area contributed by atoms with Gasteiger partial charge in [0.1, 0.15) is 17.7 Å². The molecule has 1 aliphatic rings. The monoisotopic (exact) mass is 368 g/mol. The summed E-state index contributed by atoms with van der Waals surface area (Å²) in [5.41, 5.74) is 2.42. The summed E-state index contributed by atoms with van der Waals surface area (Å²) >= 11 is 0. The number of aliphatic hydroxyl groups is 1. The highest BCUT2D eigenvalue weighted by Crippen LogP contribution is 2.34. The van der Waals surface area contributed by atoms with Gasteiger partial charge in [0.2, 0.25) is 0 Å². The van der Waals surface area contributed by atoms with Gasteiger partial charge in [-0.15, -0.1) is 0 Å². The van der Waals surface area contributed by atoms with E-state index in [0.717, 1.165) is 5.56 Å². The zero-order chi connectivity index (χ0) is 19.4. The van der Waals surface area contributed by atoms with E-state index in [9.17, 15) is 5.11 Å². The molecule has 2 N–H and O–H groups in total. The summed E-state index contributed by atoms with van der Waals surface area (Å²) in [6.45, 7) is 0. The van der Waals surface area contributed by atoms with Crippen molar-refractivity contribution in [2.24, 2.45) is 0 Å². The second-order valence-corrected chi connectivity index (χ2v) is 7.73. The maximum atomic E-state index is 11.5. The number of hydrogen-bond donors (Lipinski definition) is 2. The van der Waals surface area contributed by atoms with Crippen LogP contribution in [0.25, 0.3) is 0 Å². The van der Waals surface area contributed by atoms with Crippen molar-refractivity contribution in [1.29, 1.82) is 0 Å². The number of piperidine rings is 1. The fourth-order valence-electron chi connectivity index (χ4n) is 4.27. The lowest BCUT2D eigenvalue weighted by Gasteiger charge is -2.43. The molecule has 4 rings (SSSR count). The van der Waals surface area contributed by atoms with Crippen LogP contribution in [0, 0.1) is 11.8 Å². The highest BCUT2D eigenvalue weighted by atomic mass is 16.3. The van der Waals surface area contributed by atoms with Gasteiger partial charge in [0.05, 0.1) is 7.05 Å². The van der Waals surface area contributed by atoms with E-state index in [1.807, 2.05) is 42.5 Å². The minimum Gasteiger partial charge on any atom is -0.377 e. The Balaban J connectivity index is 1.72. The van der Waals surface area contributed by atoms with Crippen molar-refractivity contribution in [3.63, 3.8) is 0 Å². The lowest BCUT2D eigenvalue weighted by Crippen LogP contribution is -3.11. The maximum absolute atomic E-state index is 11.5. The van der Waals surface area contributed by atoms with Crippen LogP contribution < -0.4 is 4.90 Å². The van der Waals surface area contributed by atoms with Crippen molar-refractivity contribution in [1.82, 2.24) is 0 Å². The molecule has 0 unspecified atom stereocenters. The lowest BCUT2D eigenvalue weighted by molar-refractivity contribution is -0.951. The molecule has 2 atom stereocenters. The average Bonchev–Trinajstić information content (AvgIpc) is 2.76. The molecule has 140 valence electrons. The normalized spacial score (nSPS) is 26.9. The molecule has 2 nitrogen and oxygen atoms in total. The van der Waals surface area contributed by atoms with Gasteiger partial charge in [-0.3, -0.25) is 0 Å². The van der Waals surface area contributed by atoms with Crippen molar-refractivity contribution in [3.05, 3.63) is 108 Å².